The minimum atomic E-state index is 0.269. The second kappa shape index (κ2) is 7.76. The summed E-state index contributed by atoms with van der Waals surface area (Å²) in [5.74, 6) is 0. The van der Waals surface area contributed by atoms with Gasteiger partial charge >= 0.3 is 0 Å². The van der Waals surface area contributed by atoms with E-state index in [4.69, 9.17) is 5.10 Å². The molecule has 2 rings (SSSR count). The van der Waals surface area contributed by atoms with E-state index in [0.29, 0.717) is 6.04 Å². The van der Waals surface area contributed by atoms with Crippen molar-refractivity contribution in [3.63, 3.8) is 0 Å². The number of likely N-dealkylation sites (N-methyl/N-ethyl adjacent to an activating group) is 1. The summed E-state index contributed by atoms with van der Waals surface area (Å²) in [7, 11) is 2.00. The maximum Gasteiger partial charge on any atom is 0.0643 e. The van der Waals surface area contributed by atoms with Gasteiger partial charge in [0.1, 0.15) is 0 Å². The number of hydrogen-bond acceptors (Lipinski definition) is 2. The highest BCUT2D eigenvalue weighted by atomic mass is 79.9. The molecule has 0 aliphatic carbocycles. The highest BCUT2D eigenvalue weighted by Crippen LogP contribution is 2.25. The molecule has 0 aliphatic rings. The molecule has 0 spiro atoms. The lowest BCUT2D eigenvalue weighted by molar-refractivity contribution is 0.423. The average molecular weight is 350 g/mol. The third-order valence-corrected chi connectivity index (χ3v) is 4.74. The lowest BCUT2D eigenvalue weighted by Crippen LogP contribution is -2.19. The van der Waals surface area contributed by atoms with Gasteiger partial charge in [-0.15, -0.1) is 0 Å². The summed E-state index contributed by atoms with van der Waals surface area (Å²) in [5, 5.41) is 8.15. The van der Waals surface area contributed by atoms with E-state index in [9.17, 15) is 0 Å². The van der Waals surface area contributed by atoms with Gasteiger partial charge in [0.2, 0.25) is 0 Å². The van der Waals surface area contributed by atoms with E-state index >= 15 is 0 Å². The molecular weight excluding hydrogens is 326 g/mol. The second-order valence-electron chi connectivity index (χ2n) is 5.32. The van der Waals surface area contributed by atoms with Crippen LogP contribution in [0.2, 0.25) is 0 Å². The molecule has 3 nitrogen and oxygen atoms in total. The molecule has 1 aromatic heterocycles. The van der Waals surface area contributed by atoms with Gasteiger partial charge < -0.3 is 5.32 Å². The fraction of sp³-hybridized carbons (Fsp3) is 0.471. The summed E-state index contributed by atoms with van der Waals surface area (Å²) in [6.07, 6.45) is 5.25. The van der Waals surface area contributed by atoms with Crippen molar-refractivity contribution in [2.75, 3.05) is 7.05 Å². The van der Waals surface area contributed by atoms with Crippen molar-refractivity contribution in [3.05, 3.63) is 52.3 Å². The van der Waals surface area contributed by atoms with Gasteiger partial charge in [0, 0.05) is 23.1 Å². The smallest absolute Gasteiger partial charge is 0.0643 e. The first-order valence-corrected chi connectivity index (χ1v) is 8.44. The van der Waals surface area contributed by atoms with E-state index in [1.807, 2.05) is 13.1 Å². The van der Waals surface area contributed by atoms with E-state index < -0.39 is 0 Å². The Bertz CT molecular complexity index is 561. The van der Waals surface area contributed by atoms with E-state index in [2.05, 4.69) is 70.2 Å². The zero-order valence-corrected chi connectivity index (χ0v) is 14.6. The molecule has 1 heterocycles. The zero-order chi connectivity index (χ0) is 15.2. The maximum atomic E-state index is 4.76. The highest BCUT2D eigenvalue weighted by molar-refractivity contribution is 9.10. The minimum absolute atomic E-state index is 0.269. The van der Waals surface area contributed by atoms with Crippen molar-refractivity contribution in [1.82, 2.24) is 15.1 Å². The fourth-order valence-electron chi connectivity index (χ4n) is 2.69. The largest absolute Gasteiger partial charge is 0.313 e. The Kier molecular flexibility index (Phi) is 6.00. The molecule has 0 radical (unpaired) electrons. The molecule has 0 aliphatic heterocycles. The standard InChI is InChI=1S/C17H24BrN3/c1-4-14(5-2)21-11-10-13(20-21)12-17(19-3)15-8-6-7-9-16(15)18/h6-11,14,17,19H,4-5,12H2,1-3H3. The van der Waals surface area contributed by atoms with Crippen LogP contribution < -0.4 is 5.32 Å². The molecule has 0 amide bonds. The summed E-state index contributed by atoms with van der Waals surface area (Å²) >= 11 is 3.64. The van der Waals surface area contributed by atoms with Gasteiger partial charge in [-0.3, -0.25) is 4.68 Å². The van der Waals surface area contributed by atoms with Gasteiger partial charge in [-0.2, -0.15) is 5.10 Å². The van der Waals surface area contributed by atoms with Crippen LogP contribution in [-0.4, -0.2) is 16.8 Å². The first kappa shape index (κ1) is 16.2. The summed E-state index contributed by atoms with van der Waals surface area (Å²) in [6.45, 7) is 4.43. The van der Waals surface area contributed by atoms with Crippen LogP contribution in [0.25, 0.3) is 0 Å². The molecule has 0 saturated heterocycles. The molecule has 1 unspecified atom stereocenters. The molecule has 0 saturated carbocycles. The molecule has 1 aromatic carbocycles. The SMILES string of the molecule is CCC(CC)n1ccc(CC(NC)c2ccccc2Br)n1. The van der Waals surface area contributed by atoms with Crippen LogP contribution in [0.1, 0.15) is 50.0 Å². The Morgan fingerprint density at radius 1 is 1.19 bits per heavy atom. The summed E-state index contributed by atoms with van der Waals surface area (Å²) < 4.78 is 3.26. The minimum Gasteiger partial charge on any atom is -0.313 e. The van der Waals surface area contributed by atoms with E-state index in [0.717, 1.165) is 29.4 Å². The molecule has 4 heteroatoms. The van der Waals surface area contributed by atoms with Crippen LogP contribution in [0.3, 0.4) is 0 Å². The van der Waals surface area contributed by atoms with E-state index in [1.165, 1.54) is 5.56 Å². The average Bonchev–Trinajstić information content (AvgIpc) is 2.95. The monoisotopic (exact) mass is 349 g/mol. The topological polar surface area (TPSA) is 29.9 Å². The van der Waals surface area contributed by atoms with Crippen LogP contribution in [0, 0.1) is 0 Å². The summed E-state index contributed by atoms with van der Waals surface area (Å²) in [6, 6.07) is 11.3. The number of benzene rings is 1. The van der Waals surface area contributed by atoms with Crippen molar-refractivity contribution in [2.24, 2.45) is 0 Å². The van der Waals surface area contributed by atoms with Crippen LogP contribution in [-0.2, 0) is 6.42 Å². The van der Waals surface area contributed by atoms with Crippen molar-refractivity contribution >= 4 is 15.9 Å². The molecule has 114 valence electrons. The van der Waals surface area contributed by atoms with Gasteiger partial charge in [0.15, 0.2) is 0 Å². The highest BCUT2D eigenvalue weighted by Gasteiger charge is 2.15. The number of hydrogen-bond donors (Lipinski definition) is 1. The molecule has 1 N–H and O–H groups in total. The van der Waals surface area contributed by atoms with E-state index in [-0.39, 0.29) is 6.04 Å². The molecule has 2 aromatic rings. The summed E-state index contributed by atoms with van der Waals surface area (Å²) in [4.78, 5) is 0. The second-order valence-corrected chi connectivity index (χ2v) is 6.18. The Balaban J connectivity index is 2.14. The predicted molar refractivity (Wildman–Crippen MR) is 91.5 cm³/mol. The van der Waals surface area contributed by atoms with Crippen LogP contribution >= 0.6 is 15.9 Å². The molecule has 1 atom stereocenters. The van der Waals surface area contributed by atoms with Crippen molar-refractivity contribution in [1.29, 1.82) is 0 Å². The lowest BCUT2D eigenvalue weighted by atomic mass is 10.0. The number of nitrogens with one attached hydrogen (secondary N) is 1. The number of halogens is 1. The Morgan fingerprint density at radius 2 is 1.90 bits per heavy atom. The molecule has 21 heavy (non-hydrogen) atoms. The summed E-state index contributed by atoms with van der Waals surface area (Å²) in [5.41, 5.74) is 2.41. The predicted octanol–water partition coefficient (Wildman–Crippen LogP) is 4.51. The third-order valence-electron chi connectivity index (χ3n) is 4.02. The first-order valence-electron chi connectivity index (χ1n) is 7.65. The third kappa shape index (κ3) is 3.95. The number of aromatic nitrogens is 2. The molecule has 0 fully saturated rings. The van der Waals surface area contributed by atoms with Crippen LogP contribution in [0.15, 0.2) is 41.0 Å². The quantitative estimate of drug-likeness (QED) is 0.796. The van der Waals surface area contributed by atoms with Gasteiger partial charge in [-0.25, -0.2) is 0 Å². The van der Waals surface area contributed by atoms with Crippen molar-refractivity contribution < 1.29 is 0 Å². The fourth-order valence-corrected chi connectivity index (χ4v) is 3.25. The molecule has 0 bridgehead atoms. The first-order chi connectivity index (χ1) is 10.2. The lowest BCUT2D eigenvalue weighted by Gasteiger charge is -2.17. The molecular formula is C17H24BrN3. The Hall–Kier alpha value is -1.13. The zero-order valence-electron chi connectivity index (χ0n) is 13.0. The van der Waals surface area contributed by atoms with E-state index in [1.54, 1.807) is 0 Å². The van der Waals surface area contributed by atoms with Gasteiger partial charge in [0.05, 0.1) is 11.7 Å². The number of rotatable bonds is 7. The maximum absolute atomic E-state index is 4.76. The van der Waals surface area contributed by atoms with Gasteiger partial charge in [-0.1, -0.05) is 48.0 Å². The van der Waals surface area contributed by atoms with Crippen LogP contribution in [0.4, 0.5) is 0 Å². The van der Waals surface area contributed by atoms with Crippen LogP contribution in [0.5, 0.6) is 0 Å². The van der Waals surface area contributed by atoms with Gasteiger partial charge in [-0.05, 0) is 37.6 Å². The van der Waals surface area contributed by atoms with Crippen molar-refractivity contribution in [2.45, 2.75) is 45.2 Å². The van der Waals surface area contributed by atoms with Crippen molar-refractivity contribution in [3.8, 4) is 0 Å². The Morgan fingerprint density at radius 3 is 2.52 bits per heavy atom. The van der Waals surface area contributed by atoms with Gasteiger partial charge in [0.25, 0.3) is 0 Å². The normalized spacial score (nSPS) is 12.8. The number of nitrogens with zero attached hydrogens (tertiary/aromatic N) is 2. The Labute approximate surface area is 135 Å².